The third-order valence-electron chi connectivity index (χ3n) is 5.98. The molecular weight excluding hydrogens is 602 g/mol. The standard InChI is InChI=1S/C24H22ClF4N3O3.C4H4O4/c1-2-35-24(33)21-19(12-32-5-7-34-8-6-32)30-23(20-17(28)10-14(27)11-18(20)29)31-22(21)15-4-3-13(26)9-16(15)25;5-3(6)1-2-4(7)8/h3-4,9-11,22H,2,5-8,12H2,1H3,(H,30,31);1-2H,(H,5,6)(H,7,8)/b;2-1+. The molecule has 4 rings (SSSR count). The number of ether oxygens (including phenoxy) is 2. The van der Waals surface area contributed by atoms with Crippen molar-refractivity contribution in [2.75, 3.05) is 39.5 Å². The fraction of sp³-hybridized carbons (Fsp3) is 0.286. The number of halogens is 5. The number of carbonyl (C=O) groups excluding carboxylic acids is 1. The van der Waals surface area contributed by atoms with Crippen LogP contribution in [-0.4, -0.2) is 78.3 Å². The van der Waals surface area contributed by atoms with Crippen molar-refractivity contribution >= 4 is 35.3 Å². The van der Waals surface area contributed by atoms with Crippen LogP contribution in [-0.2, 0) is 23.9 Å². The molecule has 0 spiro atoms. The predicted octanol–water partition coefficient (Wildman–Crippen LogP) is 3.85. The van der Waals surface area contributed by atoms with E-state index in [1.807, 2.05) is 4.90 Å². The van der Waals surface area contributed by atoms with E-state index in [0.717, 1.165) is 12.1 Å². The SMILES string of the molecule is CCOC(=O)C1=C(CN2CCOCC2)NC(c2c(F)cc(F)cc2F)=NC1c1ccc(F)cc1Cl.O=C(O)/C=C/C(=O)O. The summed E-state index contributed by atoms with van der Waals surface area (Å²) in [5, 5.41) is 18.5. The number of benzene rings is 2. The number of carbonyl (C=O) groups is 3. The lowest BCUT2D eigenvalue weighted by Crippen LogP contribution is -2.43. The number of morpholine rings is 1. The van der Waals surface area contributed by atoms with Crippen molar-refractivity contribution in [3.8, 4) is 0 Å². The van der Waals surface area contributed by atoms with Gasteiger partial charge in [0.2, 0.25) is 0 Å². The lowest BCUT2D eigenvalue weighted by molar-refractivity contribution is -0.139. The van der Waals surface area contributed by atoms with Crippen LogP contribution in [0.2, 0.25) is 5.02 Å². The van der Waals surface area contributed by atoms with Crippen LogP contribution in [0.4, 0.5) is 17.6 Å². The zero-order chi connectivity index (χ0) is 31.7. The van der Waals surface area contributed by atoms with Gasteiger partial charge in [-0.05, 0) is 19.1 Å². The summed E-state index contributed by atoms with van der Waals surface area (Å²) in [5.41, 5.74) is -0.0167. The molecule has 1 atom stereocenters. The lowest BCUT2D eigenvalue weighted by Gasteiger charge is -2.33. The number of hydrogen-bond acceptors (Lipinski definition) is 8. The molecule has 10 nitrogen and oxygen atoms in total. The van der Waals surface area contributed by atoms with Crippen molar-refractivity contribution in [2.24, 2.45) is 4.99 Å². The number of esters is 1. The van der Waals surface area contributed by atoms with Crippen LogP contribution >= 0.6 is 11.6 Å². The second kappa shape index (κ2) is 15.3. The van der Waals surface area contributed by atoms with Crippen molar-refractivity contribution in [1.29, 1.82) is 0 Å². The molecule has 0 aromatic heterocycles. The molecule has 43 heavy (non-hydrogen) atoms. The van der Waals surface area contributed by atoms with Gasteiger partial charge < -0.3 is 25.0 Å². The molecule has 1 unspecified atom stereocenters. The Morgan fingerprint density at radius 2 is 1.65 bits per heavy atom. The van der Waals surface area contributed by atoms with Gasteiger partial charge in [-0.15, -0.1) is 0 Å². The van der Waals surface area contributed by atoms with E-state index in [1.54, 1.807) is 6.92 Å². The fourth-order valence-corrected chi connectivity index (χ4v) is 4.41. The number of carboxylic acids is 2. The van der Waals surface area contributed by atoms with E-state index in [1.165, 1.54) is 6.07 Å². The number of carboxylic acid groups (broad SMARTS) is 2. The van der Waals surface area contributed by atoms with Crippen molar-refractivity contribution in [1.82, 2.24) is 10.2 Å². The average molecular weight is 628 g/mol. The Bertz CT molecular complexity index is 1440. The van der Waals surface area contributed by atoms with Crippen molar-refractivity contribution in [3.63, 3.8) is 0 Å². The summed E-state index contributed by atoms with van der Waals surface area (Å²) in [6.07, 6.45) is 1.12. The van der Waals surface area contributed by atoms with Crippen LogP contribution < -0.4 is 5.32 Å². The fourth-order valence-electron chi connectivity index (χ4n) is 4.14. The van der Waals surface area contributed by atoms with Crippen molar-refractivity contribution in [2.45, 2.75) is 13.0 Å². The van der Waals surface area contributed by atoms with Gasteiger partial charge in [0.05, 0.1) is 31.0 Å². The molecule has 1 fully saturated rings. The van der Waals surface area contributed by atoms with E-state index in [4.69, 9.17) is 31.3 Å². The number of aliphatic imine (C=N–C) groups is 1. The van der Waals surface area contributed by atoms with E-state index in [9.17, 15) is 31.9 Å². The normalized spacial score (nSPS) is 17.1. The largest absolute Gasteiger partial charge is 0.478 e. The zero-order valence-corrected chi connectivity index (χ0v) is 23.3. The van der Waals surface area contributed by atoms with Crippen molar-refractivity contribution < 1.29 is 51.6 Å². The topological polar surface area (TPSA) is 138 Å². The molecule has 0 radical (unpaired) electrons. The molecule has 3 N–H and O–H groups in total. The number of amidine groups is 1. The summed E-state index contributed by atoms with van der Waals surface area (Å²) in [7, 11) is 0. The summed E-state index contributed by atoms with van der Waals surface area (Å²) in [6.45, 7) is 3.91. The predicted molar refractivity (Wildman–Crippen MR) is 145 cm³/mol. The summed E-state index contributed by atoms with van der Waals surface area (Å²) < 4.78 is 67.4. The Kier molecular flexibility index (Phi) is 11.8. The highest BCUT2D eigenvalue weighted by Gasteiger charge is 2.35. The van der Waals surface area contributed by atoms with Gasteiger partial charge in [-0.3, -0.25) is 9.89 Å². The molecule has 2 aliphatic rings. The molecule has 0 saturated carbocycles. The van der Waals surface area contributed by atoms with E-state index >= 15 is 0 Å². The highest BCUT2D eigenvalue weighted by Crippen LogP contribution is 2.37. The minimum atomic E-state index is -1.26. The minimum Gasteiger partial charge on any atom is -0.478 e. The van der Waals surface area contributed by atoms with Gasteiger partial charge in [0, 0.05) is 60.2 Å². The maximum absolute atomic E-state index is 14.7. The zero-order valence-electron chi connectivity index (χ0n) is 22.6. The van der Waals surface area contributed by atoms with Gasteiger partial charge in [-0.2, -0.15) is 0 Å². The summed E-state index contributed by atoms with van der Waals surface area (Å²) in [4.78, 5) is 38.6. The monoisotopic (exact) mass is 627 g/mol. The molecule has 2 aromatic carbocycles. The molecule has 1 saturated heterocycles. The van der Waals surface area contributed by atoms with Gasteiger partial charge in [0.1, 0.15) is 35.1 Å². The first kappa shape index (κ1) is 33.2. The van der Waals surface area contributed by atoms with E-state index in [0.29, 0.717) is 50.6 Å². The molecule has 2 aromatic rings. The second-order valence-electron chi connectivity index (χ2n) is 8.93. The van der Waals surface area contributed by atoms with Crippen molar-refractivity contribution in [3.05, 3.63) is 93.2 Å². The first-order valence-corrected chi connectivity index (χ1v) is 13.1. The summed E-state index contributed by atoms with van der Waals surface area (Å²) >= 11 is 6.30. The Morgan fingerprint density at radius 1 is 1.05 bits per heavy atom. The quantitative estimate of drug-likeness (QED) is 0.226. The van der Waals surface area contributed by atoms with Crippen LogP contribution in [0.5, 0.6) is 0 Å². The number of aliphatic carboxylic acids is 2. The Hall–Kier alpha value is -4.27. The van der Waals surface area contributed by atoms with Crippen LogP contribution in [0.3, 0.4) is 0 Å². The molecule has 230 valence electrons. The lowest BCUT2D eigenvalue weighted by atomic mass is 9.94. The maximum atomic E-state index is 14.7. The van der Waals surface area contributed by atoms with Crippen LogP contribution in [0.25, 0.3) is 0 Å². The molecule has 15 heteroatoms. The van der Waals surface area contributed by atoms with Crippen LogP contribution in [0, 0.1) is 23.3 Å². The summed E-state index contributed by atoms with van der Waals surface area (Å²) in [6, 6.07) is 3.44. The third-order valence-corrected chi connectivity index (χ3v) is 6.30. The van der Waals surface area contributed by atoms with E-state index in [2.05, 4.69) is 10.3 Å². The Labute approximate surface area is 247 Å². The number of hydrogen-bond donors (Lipinski definition) is 3. The van der Waals surface area contributed by atoms with Gasteiger partial charge >= 0.3 is 17.9 Å². The van der Waals surface area contributed by atoms with Gasteiger partial charge in [0.15, 0.2) is 0 Å². The molecule has 0 amide bonds. The number of nitrogens with zero attached hydrogens (tertiary/aromatic N) is 2. The van der Waals surface area contributed by atoms with Gasteiger partial charge in [-0.25, -0.2) is 31.9 Å². The molecular formula is C28H26ClF4N3O7. The Morgan fingerprint density at radius 3 is 2.19 bits per heavy atom. The molecule has 0 bridgehead atoms. The molecule has 2 heterocycles. The second-order valence-corrected chi connectivity index (χ2v) is 9.33. The van der Waals surface area contributed by atoms with Crippen LogP contribution in [0.15, 0.2) is 58.7 Å². The molecule has 0 aliphatic carbocycles. The first-order valence-electron chi connectivity index (χ1n) is 12.7. The third kappa shape index (κ3) is 9.11. The molecule has 2 aliphatic heterocycles. The highest BCUT2D eigenvalue weighted by atomic mass is 35.5. The summed E-state index contributed by atoms with van der Waals surface area (Å²) in [5.74, 6) is -7.54. The number of nitrogens with one attached hydrogen (secondary N) is 1. The minimum absolute atomic E-state index is 0.0347. The Balaban J connectivity index is 0.000000557. The van der Waals surface area contributed by atoms with Gasteiger partial charge in [0.25, 0.3) is 0 Å². The van der Waals surface area contributed by atoms with Crippen LogP contribution in [0.1, 0.15) is 24.1 Å². The highest BCUT2D eigenvalue weighted by molar-refractivity contribution is 6.31. The first-order chi connectivity index (χ1) is 20.4. The van der Waals surface area contributed by atoms with Gasteiger partial charge in [-0.1, -0.05) is 17.7 Å². The smallest absolute Gasteiger partial charge is 0.338 e. The maximum Gasteiger partial charge on any atom is 0.338 e. The number of rotatable bonds is 8. The van der Waals surface area contributed by atoms with E-state index in [-0.39, 0.29) is 40.8 Å². The average Bonchev–Trinajstić information content (AvgIpc) is 2.92. The van der Waals surface area contributed by atoms with E-state index < -0.39 is 52.8 Å².